The van der Waals surface area contributed by atoms with Crippen LogP contribution in [0.5, 0.6) is 0 Å². The molecule has 2 aromatic rings. The maximum atomic E-state index is 12.3. The Morgan fingerprint density at radius 1 is 0.943 bits per heavy atom. The van der Waals surface area contributed by atoms with E-state index in [-0.39, 0.29) is 42.7 Å². The second-order valence-corrected chi connectivity index (χ2v) is 9.70. The quantitative estimate of drug-likeness (QED) is 0.399. The van der Waals surface area contributed by atoms with Crippen LogP contribution in [-0.2, 0) is 14.3 Å². The maximum absolute atomic E-state index is 12.3. The van der Waals surface area contributed by atoms with Gasteiger partial charge in [-0.2, -0.15) is 0 Å². The highest BCUT2D eigenvalue weighted by Crippen LogP contribution is 2.44. The summed E-state index contributed by atoms with van der Waals surface area (Å²) in [5.74, 6) is -0.750. The molecule has 35 heavy (non-hydrogen) atoms. The standard InChI is InChI=1S/C28H36N2O5/c1-18(2)25(16-27(32)33)30-26(31)13-12-19(3)14-15-29-28(34)35-17-24-22-10-6-4-8-20(22)21-9-5-7-11-23(21)24/h4-11,18-19,24-25H,12-17H2,1-3H3,(H,29,34)(H,30,31)(H,32,33). The van der Waals surface area contributed by atoms with Crippen LogP contribution in [0.2, 0.25) is 0 Å². The van der Waals surface area contributed by atoms with Crippen LogP contribution < -0.4 is 10.6 Å². The van der Waals surface area contributed by atoms with Gasteiger partial charge < -0.3 is 20.5 Å². The molecule has 0 radical (unpaired) electrons. The number of hydrogen-bond acceptors (Lipinski definition) is 4. The van der Waals surface area contributed by atoms with E-state index in [9.17, 15) is 14.4 Å². The Labute approximate surface area is 207 Å². The molecule has 0 fully saturated rings. The minimum atomic E-state index is -0.920. The second kappa shape index (κ2) is 12.4. The van der Waals surface area contributed by atoms with Crippen molar-refractivity contribution in [1.29, 1.82) is 0 Å². The number of alkyl carbamates (subject to hydrolysis) is 1. The van der Waals surface area contributed by atoms with Gasteiger partial charge in [0.2, 0.25) is 5.91 Å². The minimum absolute atomic E-state index is 0.0291. The topological polar surface area (TPSA) is 105 Å². The minimum Gasteiger partial charge on any atom is -0.481 e. The van der Waals surface area contributed by atoms with Gasteiger partial charge in [-0.05, 0) is 46.9 Å². The Kier molecular flexibility index (Phi) is 9.29. The van der Waals surface area contributed by atoms with Gasteiger partial charge >= 0.3 is 12.1 Å². The molecule has 3 N–H and O–H groups in total. The maximum Gasteiger partial charge on any atom is 0.407 e. The van der Waals surface area contributed by atoms with Gasteiger partial charge in [0.05, 0.1) is 6.42 Å². The van der Waals surface area contributed by atoms with Crippen molar-refractivity contribution in [2.75, 3.05) is 13.2 Å². The fourth-order valence-electron chi connectivity index (χ4n) is 4.51. The lowest BCUT2D eigenvalue weighted by Crippen LogP contribution is -2.40. The molecule has 1 aliphatic carbocycles. The number of benzene rings is 2. The first-order valence-corrected chi connectivity index (χ1v) is 12.4. The summed E-state index contributed by atoms with van der Waals surface area (Å²) in [6.45, 7) is 6.57. The normalized spacial score (nSPS) is 14.1. The average molecular weight is 481 g/mol. The van der Waals surface area contributed by atoms with Crippen LogP contribution in [0.3, 0.4) is 0 Å². The van der Waals surface area contributed by atoms with Gasteiger partial charge in [0, 0.05) is 24.9 Å². The Hall–Kier alpha value is -3.35. The van der Waals surface area contributed by atoms with Crippen molar-refractivity contribution >= 4 is 18.0 Å². The number of hydrogen-bond donors (Lipinski definition) is 3. The van der Waals surface area contributed by atoms with Gasteiger partial charge in [-0.1, -0.05) is 69.3 Å². The molecule has 2 unspecified atom stereocenters. The van der Waals surface area contributed by atoms with E-state index in [1.807, 2.05) is 45.0 Å². The number of carbonyl (C=O) groups excluding carboxylic acids is 2. The lowest BCUT2D eigenvalue weighted by molar-refractivity contribution is -0.138. The third-order valence-electron chi connectivity index (χ3n) is 6.66. The zero-order valence-corrected chi connectivity index (χ0v) is 20.8. The van der Waals surface area contributed by atoms with Crippen molar-refractivity contribution in [3.63, 3.8) is 0 Å². The predicted octanol–water partition coefficient (Wildman–Crippen LogP) is 4.95. The highest BCUT2D eigenvalue weighted by Gasteiger charge is 2.29. The highest BCUT2D eigenvalue weighted by molar-refractivity contribution is 5.79. The van der Waals surface area contributed by atoms with Crippen LogP contribution in [0, 0.1) is 11.8 Å². The third kappa shape index (κ3) is 7.31. The fourth-order valence-corrected chi connectivity index (χ4v) is 4.51. The Bertz CT molecular complexity index is 990. The number of aliphatic carboxylic acids is 1. The molecule has 0 saturated heterocycles. The molecule has 0 spiro atoms. The molecule has 3 rings (SSSR count). The molecule has 2 atom stereocenters. The van der Waals surface area contributed by atoms with E-state index in [0.29, 0.717) is 19.4 Å². The van der Waals surface area contributed by atoms with Crippen molar-refractivity contribution in [1.82, 2.24) is 10.6 Å². The van der Waals surface area contributed by atoms with E-state index < -0.39 is 12.1 Å². The molecule has 2 aromatic carbocycles. The van der Waals surface area contributed by atoms with E-state index in [2.05, 4.69) is 34.9 Å². The number of carboxylic acid groups (broad SMARTS) is 1. The van der Waals surface area contributed by atoms with Crippen LogP contribution in [0.25, 0.3) is 11.1 Å². The van der Waals surface area contributed by atoms with E-state index in [4.69, 9.17) is 9.84 Å². The molecule has 1 aliphatic rings. The van der Waals surface area contributed by atoms with Crippen LogP contribution in [0.4, 0.5) is 4.79 Å². The summed E-state index contributed by atoms with van der Waals surface area (Å²) in [5, 5.41) is 14.6. The molecule has 0 aromatic heterocycles. The van der Waals surface area contributed by atoms with Crippen LogP contribution in [0.15, 0.2) is 48.5 Å². The van der Waals surface area contributed by atoms with Gasteiger partial charge in [0.15, 0.2) is 0 Å². The number of nitrogens with one attached hydrogen (secondary N) is 2. The van der Waals surface area contributed by atoms with Crippen LogP contribution >= 0.6 is 0 Å². The monoisotopic (exact) mass is 480 g/mol. The van der Waals surface area contributed by atoms with Gasteiger partial charge in [-0.15, -0.1) is 0 Å². The summed E-state index contributed by atoms with van der Waals surface area (Å²) >= 11 is 0. The molecule has 0 aliphatic heterocycles. The Morgan fingerprint density at radius 2 is 1.54 bits per heavy atom. The zero-order valence-electron chi connectivity index (χ0n) is 20.8. The highest BCUT2D eigenvalue weighted by atomic mass is 16.5. The zero-order chi connectivity index (χ0) is 25.4. The molecular weight excluding hydrogens is 444 g/mol. The number of carboxylic acids is 1. The van der Waals surface area contributed by atoms with Crippen molar-refractivity contribution in [2.45, 2.75) is 58.4 Å². The molecule has 2 amide bonds. The van der Waals surface area contributed by atoms with Crippen molar-refractivity contribution < 1.29 is 24.2 Å². The SMILES string of the molecule is CC(CCNC(=O)OCC1c2ccccc2-c2ccccc21)CCC(=O)NC(CC(=O)O)C(C)C. The van der Waals surface area contributed by atoms with Crippen LogP contribution in [-0.4, -0.2) is 42.3 Å². The first-order valence-electron chi connectivity index (χ1n) is 12.4. The number of ether oxygens (including phenoxy) is 1. The Balaban J connectivity index is 1.37. The lowest BCUT2D eigenvalue weighted by Gasteiger charge is -2.21. The average Bonchev–Trinajstić information content (AvgIpc) is 3.14. The summed E-state index contributed by atoms with van der Waals surface area (Å²) in [5.41, 5.74) is 4.74. The summed E-state index contributed by atoms with van der Waals surface area (Å²) in [6, 6.07) is 16.1. The summed E-state index contributed by atoms with van der Waals surface area (Å²) < 4.78 is 5.56. The number of fused-ring (bicyclic) bond motifs is 3. The molecule has 188 valence electrons. The number of carbonyl (C=O) groups is 3. The van der Waals surface area contributed by atoms with Crippen molar-refractivity contribution in [3.05, 3.63) is 59.7 Å². The molecule has 7 nitrogen and oxygen atoms in total. The van der Waals surface area contributed by atoms with Crippen molar-refractivity contribution in [2.24, 2.45) is 11.8 Å². The first-order chi connectivity index (χ1) is 16.8. The second-order valence-electron chi connectivity index (χ2n) is 9.70. The molecule has 7 heteroatoms. The largest absolute Gasteiger partial charge is 0.481 e. The summed E-state index contributed by atoms with van der Waals surface area (Å²) in [7, 11) is 0. The van der Waals surface area contributed by atoms with E-state index in [0.717, 1.165) is 6.42 Å². The van der Waals surface area contributed by atoms with Crippen molar-refractivity contribution in [3.8, 4) is 11.1 Å². The summed E-state index contributed by atoms with van der Waals surface area (Å²) in [6.07, 6.45) is 1.19. The fraction of sp³-hybridized carbons (Fsp3) is 0.464. The van der Waals surface area contributed by atoms with Gasteiger partial charge in [0.25, 0.3) is 0 Å². The van der Waals surface area contributed by atoms with E-state index in [1.54, 1.807) is 0 Å². The van der Waals surface area contributed by atoms with Crippen LogP contribution in [0.1, 0.15) is 63.5 Å². The first kappa shape index (κ1) is 26.3. The molecule has 0 bridgehead atoms. The smallest absolute Gasteiger partial charge is 0.407 e. The van der Waals surface area contributed by atoms with Gasteiger partial charge in [-0.3, -0.25) is 9.59 Å². The van der Waals surface area contributed by atoms with Gasteiger partial charge in [-0.25, -0.2) is 4.79 Å². The summed E-state index contributed by atoms with van der Waals surface area (Å²) in [4.78, 5) is 35.5. The molecule has 0 saturated carbocycles. The third-order valence-corrected chi connectivity index (χ3v) is 6.66. The number of rotatable bonds is 12. The molecular formula is C28H36N2O5. The molecule has 0 heterocycles. The van der Waals surface area contributed by atoms with Gasteiger partial charge in [0.1, 0.15) is 6.61 Å². The lowest BCUT2D eigenvalue weighted by atomic mass is 9.98. The van der Waals surface area contributed by atoms with E-state index >= 15 is 0 Å². The van der Waals surface area contributed by atoms with E-state index in [1.165, 1.54) is 22.3 Å². The number of amides is 2. The Morgan fingerprint density at radius 3 is 2.11 bits per heavy atom. The predicted molar refractivity (Wildman–Crippen MR) is 135 cm³/mol.